The molecule has 2 aromatic heterocycles. The van der Waals surface area contributed by atoms with Crippen molar-refractivity contribution in [3.8, 4) is 34.6 Å². The van der Waals surface area contributed by atoms with E-state index in [0.29, 0.717) is 16.9 Å². The van der Waals surface area contributed by atoms with Crippen molar-refractivity contribution < 1.29 is 13.2 Å². The number of benzene rings is 6. The molecule has 8 rings (SSSR count). The maximum Gasteiger partial charge on any atom is 0.416 e. The monoisotopic (exact) mass is 658 g/mol. The molecule has 50 heavy (non-hydrogen) atoms. The minimum absolute atomic E-state index is 0.139. The van der Waals surface area contributed by atoms with Gasteiger partial charge in [0, 0.05) is 27.1 Å². The van der Waals surface area contributed by atoms with Crippen LogP contribution in [-0.4, -0.2) is 9.13 Å². The Morgan fingerprint density at radius 2 is 0.920 bits per heavy atom. The third-order valence-corrected chi connectivity index (χ3v) is 9.57. The van der Waals surface area contributed by atoms with E-state index in [0.717, 1.165) is 78.0 Å². The average molecular weight is 659 g/mol. The van der Waals surface area contributed by atoms with Gasteiger partial charge in [-0.2, -0.15) is 23.7 Å². The van der Waals surface area contributed by atoms with E-state index in [-0.39, 0.29) is 16.7 Å². The first-order valence-corrected chi connectivity index (χ1v) is 16.2. The normalized spacial score (nSPS) is 11.9. The molecule has 0 amide bonds. The Morgan fingerprint density at radius 3 is 1.30 bits per heavy atom. The minimum atomic E-state index is -4.68. The number of fused-ring (bicyclic) bond motifs is 6. The molecule has 4 nitrogen and oxygen atoms in total. The molecule has 0 fully saturated rings. The summed E-state index contributed by atoms with van der Waals surface area (Å²) in [6.45, 7) is 8.20. The van der Waals surface area contributed by atoms with Gasteiger partial charge in [-0.25, -0.2) is 0 Å². The maximum atomic E-state index is 14.1. The SMILES string of the molecule is Cc1ccc2c(c1)c1cc(C)ccc1n2-c1cc(C#N)c(-c2cc(C#N)cc(C(F)(F)F)c2)cc1-n1c2ccc(C)cc2c2cc(C)ccc21. The highest BCUT2D eigenvalue weighted by Crippen LogP contribution is 2.42. The summed E-state index contributed by atoms with van der Waals surface area (Å²) >= 11 is 0. The van der Waals surface area contributed by atoms with E-state index in [1.165, 1.54) is 6.07 Å². The van der Waals surface area contributed by atoms with Crippen LogP contribution in [-0.2, 0) is 6.18 Å². The van der Waals surface area contributed by atoms with Crippen molar-refractivity contribution in [1.82, 2.24) is 9.13 Å². The molecule has 242 valence electrons. The van der Waals surface area contributed by atoms with Crippen molar-refractivity contribution in [3.63, 3.8) is 0 Å². The first kappa shape index (κ1) is 31.0. The van der Waals surface area contributed by atoms with Gasteiger partial charge in [0.15, 0.2) is 0 Å². The van der Waals surface area contributed by atoms with E-state index < -0.39 is 11.7 Å². The van der Waals surface area contributed by atoms with E-state index in [1.54, 1.807) is 6.07 Å². The van der Waals surface area contributed by atoms with Crippen LogP contribution in [0.2, 0.25) is 0 Å². The number of halogens is 3. The minimum Gasteiger partial charge on any atom is -0.307 e. The summed E-state index contributed by atoms with van der Waals surface area (Å²) in [7, 11) is 0. The van der Waals surface area contributed by atoms with E-state index in [1.807, 2.05) is 38.1 Å². The van der Waals surface area contributed by atoms with Crippen molar-refractivity contribution in [2.45, 2.75) is 33.9 Å². The molecule has 0 radical (unpaired) electrons. The van der Waals surface area contributed by atoms with Gasteiger partial charge in [-0.05, 0) is 112 Å². The van der Waals surface area contributed by atoms with Gasteiger partial charge in [0.25, 0.3) is 0 Å². The van der Waals surface area contributed by atoms with Crippen LogP contribution in [0, 0.1) is 50.4 Å². The third-order valence-electron chi connectivity index (χ3n) is 9.57. The lowest BCUT2D eigenvalue weighted by Crippen LogP contribution is -2.07. The van der Waals surface area contributed by atoms with Crippen molar-refractivity contribution in [2.24, 2.45) is 0 Å². The molecule has 8 aromatic rings. The fourth-order valence-corrected chi connectivity index (χ4v) is 7.30. The number of nitriles is 2. The fourth-order valence-electron chi connectivity index (χ4n) is 7.30. The topological polar surface area (TPSA) is 57.4 Å². The lowest BCUT2D eigenvalue weighted by Gasteiger charge is -2.20. The smallest absolute Gasteiger partial charge is 0.307 e. The quantitative estimate of drug-likeness (QED) is 0.190. The highest BCUT2D eigenvalue weighted by Gasteiger charge is 2.32. The molecule has 0 atom stereocenters. The summed E-state index contributed by atoms with van der Waals surface area (Å²) in [4.78, 5) is 0. The van der Waals surface area contributed by atoms with Crippen LogP contribution in [0.1, 0.15) is 38.9 Å². The molecule has 0 aliphatic heterocycles. The Bertz CT molecular complexity index is 2700. The summed E-state index contributed by atoms with van der Waals surface area (Å²) in [5.74, 6) is 0. The predicted octanol–water partition coefficient (Wildman–Crippen LogP) is 11.5. The second-order valence-electron chi connectivity index (χ2n) is 13.2. The van der Waals surface area contributed by atoms with Gasteiger partial charge in [-0.1, -0.05) is 46.5 Å². The Kier molecular flexibility index (Phi) is 6.89. The molecule has 0 saturated carbocycles. The zero-order valence-electron chi connectivity index (χ0n) is 27.7. The number of alkyl halides is 3. The molecule has 0 spiro atoms. The van der Waals surface area contributed by atoms with Gasteiger partial charge in [0.05, 0.1) is 62.3 Å². The molecule has 0 N–H and O–H groups in total. The van der Waals surface area contributed by atoms with Crippen LogP contribution in [0.4, 0.5) is 13.2 Å². The summed E-state index contributed by atoms with van der Waals surface area (Å²) < 4.78 is 46.7. The molecule has 0 aliphatic rings. The molecule has 0 aliphatic carbocycles. The van der Waals surface area contributed by atoms with E-state index in [4.69, 9.17) is 0 Å². The predicted molar refractivity (Wildman–Crippen MR) is 194 cm³/mol. The first-order valence-electron chi connectivity index (χ1n) is 16.2. The Morgan fingerprint density at radius 1 is 0.500 bits per heavy atom. The largest absolute Gasteiger partial charge is 0.416 e. The van der Waals surface area contributed by atoms with Crippen LogP contribution in [0.15, 0.2) is 103 Å². The molecule has 0 saturated heterocycles. The van der Waals surface area contributed by atoms with Gasteiger partial charge in [-0.15, -0.1) is 0 Å². The standard InChI is InChI=1S/C43H29F3N4/c1-24-5-9-37-33(13-24)34-14-25(2)6-10-38(34)49(37)41-20-30(23-48)32(29-17-28(22-47)18-31(19-29)43(44,45)46)21-42(41)50-39-11-7-26(3)15-35(39)36-16-27(4)8-12-40(36)50/h5-21H,1-4H3. The molecular formula is C43H29F3N4. The van der Waals surface area contributed by atoms with Crippen LogP contribution in [0.25, 0.3) is 66.1 Å². The summed E-state index contributed by atoms with van der Waals surface area (Å²) in [5.41, 5.74) is 9.05. The Balaban J connectivity index is 1.58. The number of hydrogen-bond donors (Lipinski definition) is 0. The summed E-state index contributed by atoms with van der Waals surface area (Å²) in [5, 5.41) is 24.6. The van der Waals surface area contributed by atoms with E-state index >= 15 is 0 Å². The number of aryl methyl sites for hydroxylation is 4. The summed E-state index contributed by atoms with van der Waals surface area (Å²) in [6.07, 6.45) is -4.68. The molecule has 2 heterocycles. The van der Waals surface area contributed by atoms with Crippen molar-refractivity contribution in [3.05, 3.63) is 142 Å². The molecule has 7 heteroatoms. The van der Waals surface area contributed by atoms with Crippen molar-refractivity contribution in [1.29, 1.82) is 10.5 Å². The second kappa shape index (κ2) is 11.1. The highest BCUT2D eigenvalue weighted by atomic mass is 19.4. The van der Waals surface area contributed by atoms with E-state index in [9.17, 15) is 23.7 Å². The van der Waals surface area contributed by atoms with Crippen molar-refractivity contribution >= 4 is 43.6 Å². The zero-order valence-corrected chi connectivity index (χ0v) is 27.7. The lowest BCUT2D eigenvalue weighted by atomic mass is 9.95. The number of hydrogen-bond acceptors (Lipinski definition) is 2. The lowest BCUT2D eigenvalue weighted by molar-refractivity contribution is -0.137. The van der Waals surface area contributed by atoms with Crippen molar-refractivity contribution in [2.75, 3.05) is 0 Å². The van der Waals surface area contributed by atoms with Crippen LogP contribution < -0.4 is 0 Å². The molecular weight excluding hydrogens is 629 g/mol. The van der Waals surface area contributed by atoms with Gasteiger partial charge >= 0.3 is 6.18 Å². The van der Waals surface area contributed by atoms with E-state index in [2.05, 4.69) is 89.7 Å². The Hall–Kier alpha value is -6.31. The number of nitrogens with zero attached hydrogens (tertiary/aromatic N) is 4. The van der Waals surface area contributed by atoms with Crippen LogP contribution in [0.3, 0.4) is 0 Å². The van der Waals surface area contributed by atoms with Crippen LogP contribution >= 0.6 is 0 Å². The molecule has 6 aromatic carbocycles. The zero-order chi connectivity index (χ0) is 35.1. The molecule has 0 bridgehead atoms. The first-order chi connectivity index (χ1) is 23.9. The third kappa shape index (κ3) is 4.82. The van der Waals surface area contributed by atoms with Gasteiger partial charge < -0.3 is 9.13 Å². The maximum absolute atomic E-state index is 14.1. The van der Waals surface area contributed by atoms with Gasteiger partial charge in [0.2, 0.25) is 0 Å². The van der Waals surface area contributed by atoms with Gasteiger partial charge in [0.1, 0.15) is 0 Å². The number of rotatable bonds is 3. The second-order valence-corrected chi connectivity index (χ2v) is 13.2. The van der Waals surface area contributed by atoms with Gasteiger partial charge in [-0.3, -0.25) is 0 Å². The number of aromatic nitrogens is 2. The Labute approximate surface area is 286 Å². The van der Waals surface area contributed by atoms with Crippen LogP contribution in [0.5, 0.6) is 0 Å². The summed E-state index contributed by atoms with van der Waals surface area (Å²) in [6, 6.07) is 36.1. The average Bonchev–Trinajstić information content (AvgIpc) is 3.57. The highest BCUT2D eigenvalue weighted by molar-refractivity contribution is 6.12. The fraction of sp³-hybridized carbons (Fsp3) is 0.116. The molecule has 0 unspecified atom stereocenters.